The number of anilines is 1. The van der Waals surface area contributed by atoms with Crippen LogP contribution in [0.3, 0.4) is 0 Å². The molecule has 4 unspecified atom stereocenters. The zero-order chi connectivity index (χ0) is 24.1. The molecule has 0 bridgehead atoms. The lowest BCUT2D eigenvalue weighted by atomic mass is 9.79. The number of halogens is 1. The van der Waals surface area contributed by atoms with Crippen molar-refractivity contribution in [1.29, 1.82) is 0 Å². The second-order valence-corrected chi connectivity index (χ2v) is 8.58. The fourth-order valence-electron chi connectivity index (χ4n) is 4.58. The van der Waals surface area contributed by atoms with E-state index in [1.54, 1.807) is 31.2 Å². The molecule has 0 spiro atoms. The van der Waals surface area contributed by atoms with Gasteiger partial charge in [-0.05, 0) is 42.3 Å². The van der Waals surface area contributed by atoms with E-state index in [0.29, 0.717) is 10.6 Å². The molecule has 2 aliphatic heterocycles. The van der Waals surface area contributed by atoms with Crippen molar-refractivity contribution in [1.82, 2.24) is 5.32 Å². The number of aliphatic hydroxyl groups is 1. The van der Waals surface area contributed by atoms with E-state index >= 15 is 0 Å². The maximum absolute atomic E-state index is 13.5. The van der Waals surface area contributed by atoms with Crippen molar-refractivity contribution in [2.75, 3.05) is 11.5 Å². The number of hydrogen-bond donors (Lipinski definition) is 3. The molecule has 0 aliphatic carbocycles. The monoisotopic (exact) mass is 472 g/mol. The number of imide groups is 1. The molecule has 2 amide bonds. The van der Waals surface area contributed by atoms with Gasteiger partial charge in [-0.1, -0.05) is 29.8 Å². The second-order valence-electron chi connectivity index (χ2n) is 8.17. The number of amides is 2. The Labute approximate surface area is 193 Å². The third kappa shape index (κ3) is 3.58. The van der Waals surface area contributed by atoms with Crippen LogP contribution in [0.5, 0.6) is 5.75 Å². The van der Waals surface area contributed by atoms with Crippen molar-refractivity contribution >= 4 is 41.0 Å². The summed E-state index contributed by atoms with van der Waals surface area (Å²) in [5.41, 5.74) is -0.569. The molecule has 10 heteroatoms. The number of carboxylic acids is 1. The summed E-state index contributed by atoms with van der Waals surface area (Å²) in [4.78, 5) is 51.3. The number of hydrogen-bond acceptors (Lipinski definition) is 7. The highest BCUT2D eigenvalue weighted by Crippen LogP contribution is 2.50. The third-order valence-corrected chi connectivity index (χ3v) is 6.61. The van der Waals surface area contributed by atoms with Gasteiger partial charge in [0, 0.05) is 18.0 Å². The smallest absolute Gasteiger partial charge is 0.327 e. The van der Waals surface area contributed by atoms with Crippen LogP contribution in [0.4, 0.5) is 5.69 Å². The van der Waals surface area contributed by atoms with E-state index < -0.39 is 53.8 Å². The van der Waals surface area contributed by atoms with Gasteiger partial charge in [0.15, 0.2) is 5.54 Å². The molecule has 9 nitrogen and oxygen atoms in total. The number of benzene rings is 2. The topological polar surface area (TPSA) is 133 Å². The van der Waals surface area contributed by atoms with E-state index in [1.165, 1.54) is 25.1 Å². The van der Waals surface area contributed by atoms with Crippen molar-refractivity contribution in [2.24, 2.45) is 11.8 Å². The van der Waals surface area contributed by atoms with Gasteiger partial charge in [-0.2, -0.15) is 0 Å². The largest absolute Gasteiger partial charge is 0.480 e. The average molecular weight is 473 g/mol. The van der Waals surface area contributed by atoms with Crippen LogP contribution < -0.4 is 15.0 Å². The van der Waals surface area contributed by atoms with E-state index in [1.807, 2.05) is 0 Å². The molecule has 2 heterocycles. The predicted molar refractivity (Wildman–Crippen MR) is 117 cm³/mol. The van der Waals surface area contributed by atoms with E-state index in [4.69, 9.17) is 16.3 Å². The Kier molecular flexibility index (Phi) is 5.73. The summed E-state index contributed by atoms with van der Waals surface area (Å²) in [6.45, 7) is 2.14. The van der Waals surface area contributed by atoms with Crippen LogP contribution in [0.2, 0.25) is 5.02 Å². The van der Waals surface area contributed by atoms with Gasteiger partial charge in [-0.25, -0.2) is 4.90 Å². The molecule has 0 saturated carbocycles. The minimum atomic E-state index is -2.06. The van der Waals surface area contributed by atoms with Crippen LogP contribution in [0, 0.1) is 18.8 Å². The van der Waals surface area contributed by atoms with Gasteiger partial charge in [-0.15, -0.1) is 0 Å². The van der Waals surface area contributed by atoms with E-state index in [-0.39, 0.29) is 11.4 Å². The molecule has 2 saturated heterocycles. The summed E-state index contributed by atoms with van der Waals surface area (Å²) < 4.78 is 5.02. The van der Waals surface area contributed by atoms with E-state index in [2.05, 4.69) is 5.32 Å². The minimum Gasteiger partial charge on any atom is -0.480 e. The highest BCUT2D eigenvalue weighted by molar-refractivity contribution is 6.32. The van der Waals surface area contributed by atoms with Gasteiger partial charge in [0.05, 0.1) is 24.1 Å². The van der Waals surface area contributed by atoms with Crippen molar-refractivity contribution in [3.63, 3.8) is 0 Å². The molecule has 2 aromatic rings. The molecule has 4 rings (SSSR count). The Balaban J connectivity index is 1.79. The molecule has 2 aliphatic rings. The van der Waals surface area contributed by atoms with Crippen molar-refractivity contribution in [3.05, 3.63) is 58.6 Å². The fraction of sp³-hybridized carbons (Fsp3) is 0.304. The van der Waals surface area contributed by atoms with Crippen molar-refractivity contribution in [3.8, 4) is 5.75 Å². The van der Waals surface area contributed by atoms with Gasteiger partial charge in [0.1, 0.15) is 5.75 Å². The first-order valence-electron chi connectivity index (χ1n) is 10.1. The Bertz CT molecular complexity index is 1170. The molecular formula is C23H21ClN2O7. The maximum Gasteiger partial charge on any atom is 0.327 e. The quantitative estimate of drug-likeness (QED) is 0.341. The molecule has 2 aromatic carbocycles. The number of esters is 1. The molecule has 2 fully saturated rings. The first-order chi connectivity index (χ1) is 15.6. The first-order valence-corrected chi connectivity index (χ1v) is 10.5. The lowest BCUT2D eigenvalue weighted by Gasteiger charge is -2.29. The standard InChI is InChI=1S/C23H21ClN2O7/c1-11-3-6-14(9-16(11)24)26-20(29)17-18(21(26)30)23(10-27,22(31)32)25-19(17)13-4-7-15(8-5-13)33-12(2)28/h3-9,17-19,25,27H,10H2,1-2H3,(H,31,32). The highest BCUT2D eigenvalue weighted by Gasteiger charge is 2.68. The summed E-state index contributed by atoms with van der Waals surface area (Å²) in [6, 6.07) is 9.98. The van der Waals surface area contributed by atoms with Crippen molar-refractivity contribution in [2.45, 2.75) is 25.4 Å². The first kappa shape index (κ1) is 22.9. The number of aliphatic hydroxyl groups excluding tert-OH is 1. The van der Waals surface area contributed by atoms with Crippen LogP contribution in [-0.2, 0) is 19.2 Å². The number of carbonyl (C=O) groups excluding carboxylic acids is 3. The number of nitrogens with zero attached hydrogens (tertiary/aromatic N) is 1. The van der Waals surface area contributed by atoms with Crippen LogP contribution in [0.15, 0.2) is 42.5 Å². The Morgan fingerprint density at radius 1 is 1.15 bits per heavy atom. The average Bonchev–Trinajstić information content (AvgIpc) is 3.25. The number of carbonyl (C=O) groups is 4. The molecule has 0 radical (unpaired) electrons. The van der Waals surface area contributed by atoms with Gasteiger partial charge in [-0.3, -0.25) is 24.5 Å². The zero-order valence-electron chi connectivity index (χ0n) is 17.7. The number of rotatable bonds is 5. The van der Waals surface area contributed by atoms with Gasteiger partial charge < -0.3 is 14.9 Å². The fourth-order valence-corrected chi connectivity index (χ4v) is 4.76. The SMILES string of the molecule is CC(=O)Oc1ccc(C2NC(CO)(C(=O)O)C3C(=O)N(c4ccc(C)c(Cl)c4)C(=O)C23)cc1. The lowest BCUT2D eigenvalue weighted by Crippen LogP contribution is -2.58. The Morgan fingerprint density at radius 3 is 2.36 bits per heavy atom. The van der Waals surface area contributed by atoms with Crippen LogP contribution in [-0.4, -0.2) is 46.1 Å². The van der Waals surface area contributed by atoms with E-state index in [0.717, 1.165) is 10.5 Å². The van der Waals surface area contributed by atoms with Crippen LogP contribution in [0.1, 0.15) is 24.1 Å². The van der Waals surface area contributed by atoms with Gasteiger partial charge >= 0.3 is 11.9 Å². The minimum absolute atomic E-state index is 0.233. The normalized spacial score (nSPS) is 26.4. The molecule has 172 valence electrons. The third-order valence-electron chi connectivity index (χ3n) is 6.20. The molecular weight excluding hydrogens is 452 g/mol. The number of nitrogens with one attached hydrogen (secondary N) is 1. The highest BCUT2D eigenvalue weighted by atomic mass is 35.5. The predicted octanol–water partition coefficient (Wildman–Crippen LogP) is 1.84. The van der Waals surface area contributed by atoms with Crippen LogP contribution >= 0.6 is 11.6 Å². The second kappa shape index (κ2) is 8.26. The van der Waals surface area contributed by atoms with Crippen LogP contribution in [0.25, 0.3) is 0 Å². The van der Waals surface area contributed by atoms with Crippen molar-refractivity contribution < 1.29 is 34.1 Å². The summed E-state index contributed by atoms with van der Waals surface area (Å²) >= 11 is 6.19. The summed E-state index contributed by atoms with van der Waals surface area (Å²) in [6.07, 6.45) is 0. The summed E-state index contributed by atoms with van der Waals surface area (Å²) in [7, 11) is 0. The van der Waals surface area contributed by atoms with Gasteiger partial charge in [0.2, 0.25) is 11.8 Å². The molecule has 4 atom stereocenters. The number of ether oxygens (including phenoxy) is 1. The molecule has 33 heavy (non-hydrogen) atoms. The lowest BCUT2D eigenvalue weighted by molar-refractivity contribution is -0.150. The van der Waals surface area contributed by atoms with E-state index in [9.17, 15) is 29.4 Å². The number of aliphatic carboxylic acids is 1. The summed E-state index contributed by atoms with van der Waals surface area (Å²) in [5, 5.41) is 23.2. The molecule has 0 aromatic heterocycles. The number of carboxylic acid groups (broad SMARTS) is 1. The maximum atomic E-state index is 13.5. The summed E-state index contributed by atoms with van der Waals surface area (Å²) in [5.74, 6) is -5.42. The molecule has 3 N–H and O–H groups in total. The number of fused-ring (bicyclic) bond motifs is 1. The number of aryl methyl sites for hydroxylation is 1. The Morgan fingerprint density at radius 2 is 1.82 bits per heavy atom. The Hall–Kier alpha value is -3.27. The zero-order valence-corrected chi connectivity index (χ0v) is 18.5. The van der Waals surface area contributed by atoms with Gasteiger partial charge in [0.25, 0.3) is 0 Å².